The molecule has 0 aliphatic heterocycles. The fourth-order valence-electron chi connectivity index (χ4n) is 5.20. The second-order valence-electron chi connectivity index (χ2n) is 9.75. The van der Waals surface area contributed by atoms with Gasteiger partial charge in [-0.25, -0.2) is 4.98 Å². The summed E-state index contributed by atoms with van der Waals surface area (Å²) in [5.74, 6) is 0. The molecule has 3 heteroatoms. The second-order valence-corrected chi connectivity index (χ2v) is 10.7. The monoisotopic (exact) mass is 516 g/mol. The molecule has 5 aromatic rings. The highest BCUT2D eigenvalue weighted by Crippen LogP contribution is 2.50. The molecule has 0 spiro atoms. The summed E-state index contributed by atoms with van der Waals surface area (Å²) in [7, 11) is 0. The molecule has 1 aliphatic rings. The van der Waals surface area contributed by atoms with E-state index in [9.17, 15) is 0 Å². The first kappa shape index (κ1) is 21.9. The summed E-state index contributed by atoms with van der Waals surface area (Å²) in [5.41, 5.74) is 12.7. The number of aryl methyl sites for hydroxylation is 1. The van der Waals surface area contributed by atoms with Crippen molar-refractivity contribution < 1.29 is 0 Å². The summed E-state index contributed by atoms with van der Waals surface area (Å²) in [6, 6.07) is 32.3. The van der Waals surface area contributed by atoms with Crippen molar-refractivity contribution in [3.63, 3.8) is 0 Å². The summed E-state index contributed by atoms with van der Waals surface area (Å²) in [6.45, 7) is 6.82. The van der Waals surface area contributed by atoms with Crippen molar-refractivity contribution in [1.82, 2.24) is 9.97 Å². The number of pyridine rings is 2. The van der Waals surface area contributed by atoms with Gasteiger partial charge in [-0.2, -0.15) is 0 Å². The number of hydrogen-bond donors (Lipinski definition) is 0. The van der Waals surface area contributed by atoms with Crippen LogP contribution in [-0.4, -0.2) is 9.97 Å². The first-order valence-corrected chi connectivity index (χ1v) is 12.7. The standard InChI is InChI=1S/C32H25BrN2/c1-20-7-13-25-26-14-10-22(19-28(26)32(2,3)27(25)18-20)31-24(21-8-11-23(33)12-9-21)15-16-30(35-31)29-6-4-5-17-34-29/h4-19H,1-3H3. The molecule has 0 N–H and O–H groups in total. The van der Waals surface area contributed by atoms with Gasteiger partial charge < -0.3 is 0 Å². The molecule has 170 valence electrons. The lowest BCUT2D eigenvalue weighted by atomic mass is 9.81. The SMILES string of the molecule is Cc1ccc2c(c1)C(C)(C)c1cc(-c3nc(-c4ccccn4)ccc3-c3ccc(Br)cc3)ccc1-2. The van der Waals surface area contributed by atoms with Gasteiger partial charge in [-0.1, -0.05) is 83.9 Å². The molecule has 0 unspecified atom stereocenters. The predicted molar refractivity (Wildman–Crippen MR) is 148 cm³/mol. The van der Waals surface area contributed by atoms with Gasteiger partial charge in [0.1, 0.15) is 0 Å². The number of fused-ring (bicyclic) bond motifs is 3. The Balaban J connectivity index is 1.56. The van der Waals surface area contributed by atoms with E-state index in [-0.39, 0.29) is 5.41 Å². The molecule has 0 radical (unpaired) electrons. The molecule has 0 saturated carbocycles. The predicted octanol–water partition coefficient (Wildman–Crippen LogP) is 8.85. The fourth-order valence-corrected chi connectivity index (χ4v) is 5.46. The quantitative estimate of drug-likeness (QED) is 0.239. The largest absolute Gasteiger partial charge is 0.255 e. The molecule has 0 amide bonds. The van der Waals surface area contributed by atoms with Gasteiger partial charge in [-0.05, 0) is 77.2 Å². The van der Waals surface area contributed by atoms with E-state index >= 15 is 0 Å². The number of halogens is 1. The lowest BCUT2D eigenvalue weighted by Crippen LogP contribution is -2.15. The average Bonchev–Trinajstić information content (AvgIpc) is 3.10. The molecule has 2 aromatic heterocycles. The smallest absolute Gasteiger partial charge is 0.0894 e. The Bertz CT molecular complexity index is 1570. The van der Waals surface area contributed by atoms with Crippen molar-refractivity contribution in [3.05, 3.63) is 118 Å². The van der Waals surface area contributed by atoms with Crippen LogP contribution >= 0.6 is 15.9 Å². The molecular weight excluding hydrogens is 492 g/mol. The zero-order chi connectivity index (χ0) is 24.2. The molecule has 35 heavy (non-hydrogen) atoms. The minimum absolute atomic E-state index is 0.0664. The number of aromatic nitrogens is 2. The second kappa shape index (κ2) is 8.28. The summed E-state index contributed by atoms with van der Waals surface area (Å²) in [5, 5.41) is 0. The van der Waals surface area contributed by atoms with Crippen LogP contribution in [0.1, 0.15) is 30.5 Å². The van der Waals surface area contributed by atoms with Gasteiger partial charge in [-0.3, -0.25) is 4.98 Å². The number of hydrogen-bond acceptors (Lipinski definition) is 2. The van der Waals surface area contributed by atoms with Crippen LogP contribution in [0.5, 0.6) is 0 Å². The Morgan fingerprint density at radius 3 is 2.09 bits per heavy atom. The van der Waals surface area contributed by atoms with Crippen LogP contribution in [0.4, 0.5) is 0 Å². The van der Waals surface area contributed by atoms with Crippen molar-refractivity contribution in [2.75, 3.05) is 0 Å². The molecule has 0 saturated heterocycles. The molecule has 3 aromatic carbocycles. The molecule has 2 heterocycles. The summed E-state index contributed by atoms with van der Waals surface area (Å²) < 4.78 is 1.06. The van der Waals surface area contributed by atoms with Crippen LogP contribution in [-0.2, 0) is 5.41 Å². The minimum atomic E-state index is -0.0664. The maximum Gasteiger partial charge on any atom is 0.0894 e. The minimum Gasteiger partial charge on any atom is -0.255 e. The Morgan fingerprint density at radius 2 is 1.34 bits per heavy atom. The van der Waals surface area contributed by atoms with Crippen LogP contribution in [0.2, 0.25) is 0 Å². The Hall–Kier alpha value is -3.56. The lowest BCUT2D eigenvalue weighted by molar-refractivity contribution is 0.660. The zero-order valence-electron chi connectivity index (χ0n) is 20.0. The Labute approximate surface area is 214 Å². The van der Waals surface area contributed by atoms with E-state index in [0.717, 1.165) is 38.2 Å². The van der Waals surface area contributed by atoms with Crippen LogP contribution in [0.25, 0.3) is 44.9 Å². The number of benzene rings is 3. The third-order valence-corrected chi connectivity index (χ3v) is 7.61. The molecular formula is C32H25BrN2. The van der Waals surface area contributed by atoms with E-state index in [0.29, 0.717) is 0 Å². The maximum absolute atomic E-state index is 5.17. The van der Waals surface area contributed by atoms with Crippen molar-refractivity contribution in [3.8, 4) is 44.9 Å². The average molecular weight is 517 g/mol. The van der Waals surface area contributed by atoms with E-state index in [2.05, 4.69) is 114 Å². The number of rotatable bonds is 3. The molecule has 2 nitrogen and oxygen atoms in total. The highest BCUT2D eigenvalue weighted by atomic mass is 79.9. The van der Waals surface area contributed by atoms with E-state index in [1.54, 1.807) is 0 Å². The van der Waals surface area contributed by atoms with Crippen molar-refractivity contribution in [1.29, 1.82) is 0 Å². The van der Waals surface area contributed by atoms with E-state index in [1.165, 1.54) is 27.8 Å². The van der Waals surface area contributed by atoms with Gasteiger partial charge in [0.15, 0.2) is 0 Å². The third kappa shape index (κ3) is 3.71. The van der Waals surface area contributed by atoms with E-state index in [1.807, 2.05) is 24.4 Å². The van der Waals surface area contributed by atoms with Gasteiger partial charge in [0, 0.05) is 27.2 Å². The van der Waals surface area contributed by atoms with E-state index in [4.69, 9.17) is 4.98 Å². The van der Waals surface area contributed by atoms with E-state index < -0.39 is 0 Å². The lowest BCUT2D eigenvalue weighted by Gasteiger charge is -2.22. The fraction of sp³-hybridized carbons (Fsp3) is 0.125. The van der Waals surface area contributed by atoms with Crippen molar-refractivity contribution in [2.24, 2.45) is 0 Å². The highest BCUT2D eigenvalue weighted by molar-refractivity contribution is 9.10. The van der Waals surface area contributed by atoms with Gasteiger partial charge in [0.25, 0.3) is 0 Å². The number of nitrogens with zero attached hydrogens (tertiary/aromatic N) is 2. The summed E-state index contributed by atoms with van der Waals surface area (Å²) in [4.78, 5) is 9.72. The van der Waals surface area contributed by atoms with Gasteiger partial charge in [0.2, 0.25) is 0 Å². The molecule has 0 atom stereocenters. The third-order valence-electron chi connectivity index (χ3n) is 7.08. The van der Waals surface area contributed by atoms with Crippen molar-refractivity contribution >= 4 is 15.9 Å². The molecule has 0 fully saturated rings. The maximum atomic E-state index is 5.17. The van der Waals surface area contributed by atoms with Gasteiger partial charge in [-0.15, -0.1) is 0 Å². The summed E-state index contributed by atoms with van der Waals surface area (Å²) >= 11 is 3.57. The first-order chi connectivity index (χ1) is 16.9. The van der Waals surface area contributed by atoms with Crippen LogP contribution < -0.4 is 0 Å². The van der Waals surface area contributed by atoms with Crippen molar-refractivity contribution in [2.45, 2.75) is 26.2 Å². The Morgan fingerprint density at radius 1 is 0.657 bits per heavy atom. The topological polar surface area (TPSA) is 25.8 Å². The van der Waals surface area contributed by atoms with Gasteiger partial charge >= 0.3 is 0 Å². The van der Waals surface area contributed by atoms with Gasteiger partial charge in [0.05, 0.1) is 17.1 Å². The normalized spacial score (nSPS) is 13.4. The highest BCUT2D eigenvalue weighted by Gasteiger charge is 2.35. The molecule has 1 aliphatic carbocycles. The first-order valence-electron chi connectivity index (χ1n) is 11.9. The zero-order valence-corrected chi connectivity index (χ0v) is 21.6. The summed E-state index contributed by atoms with van der Waals surface area (Å²) in [6.07, 6.45) is 1.82. The molecule has 6 rings (SSSR count). The van der Waals surface area contributed by atoms with Crippen LogP contribution in [0.3, 0.4) is 0 Å². The van der Waals surface area contributed by atoms with Crippen LogP contribution in [0, 0.1) is 6.92 Å². The Kier molecular flexibility index (Phi) is 5.19. The molecule has 0 bridgehead atoms. The van der Waals surface area contributed by atoms with Crippen LogP contribution in [0.15, 0.2) is 102 Å².